The predicted molar refractivity (Wildman–Crippen MR) is 87.8 cm³/mol. The van der Waals surface area contributed by atoms with E-state index in [4.69, 9.17) is 9.84 Å². The minimum Gasteiger partial charge on any atom is -0.481 e. The van der Waals surface area contributed by atoms with Gasteiger partial charge < -0.3 is 9.84 Å². The molecular weight excluding hydrogens is 288 g/mol. The van der Waals surface area contributed by atoms with Crippen LogP contribution >= 0.6 is 12.6 Å². The fourth-order valence-corrected chi connectivity index (χ4v) is 2.39. The molecule has 0 aromatic rings. The number of thiol groups is 1. The van der Waals surface area contributed by atoms with Crippen LogP contribution in [0, 0.1) is 5.92 Å². The topological polar surface area (TPSA) is 63.6 Å². The first kappa shape index (κ1) is 20.3. The Bertz CT molecular complexity index is 281. The lowest BCUT2D eigenvalue weighted by Gasteiger charge is -2.13. The molecule has 0 saturated carbocycles. The highest BCUT2D eigenvalue weighted by molar-refractivity contribution is 7.80. The maximum atomic E-state index is 11.8. The number of aliphatic carboxylic acids is 1. The van der Waals surface area contributed by atoms with Gasteiger partial charge in [0.15, 0.2) is 0 Å². The van der Waals surface area contributed by atoms with Crippen molar-refractivity contribution in [1.82, 2.24) is 0 Å². The van der Waals surface area contributed by atoms with E-state index in [0.29, 0.717) is 12.2 Å². The Balaban J connectivity index is 3.80. The van der Waals surface area contributed by atoms with Crippen LogP contribution in [0.25, 0.3) is 0 Å². The second-order valence-corrected chi connectivity index (χ2v) is 5.90. The van der Waals surface area contributed by atoms with Crippen LogP contribution in [0.2, 0.25) is 0 Å². The lowest BCUT2D eigenvalue weighted by molar-refractivity contribution is -0.152. The Morgan fingerprint density at radius 2 is 1.62 bits per heavy atom. The molecule has 0 amide bonds. The van der Waals surface area contributed by atoms with Gasteiger partial charge in [-0.1, -0.05) is 58.3 Å². The number of carboxylic acid groups (broad SMARTS) is 1. The van der Waals surface area contributed by atoms with Crippen molar-refractivity contribution in [1.29, 1.82) is 0 Å². The molecule has 0 aliphatic rings. The number of carboxylic acids is 1. The van der Waals surface area contributed by atoms with Gasteiger partial charge in [-0.25, -0.2) is 0 Å². The number of hydrogen-bond acceptors (Lipinski definition) is 4. The van der Waals surface area contributed by atoms with Gasteiger partial charge in [0.05, 0.1) is 12.3 Å². The van der Waals surface area contributed by atoms with E-state index in [-0.39, 0.29) is 13.0 Å². The molecular formula is C16H30O4S. The zero-order chi connectivity index (χ0) is 15.9. The van der Waals surface area contributed by atoms with Gasteiger partial charge in [-0.15, -0.1) is 0 Å². The molecule has 0 rings (SSSR count). The van der Waals surface area contributed by atoms with Gasteiger partial charge in [0.1, 0.15) is 6.61 Å². The number of carbonyl (C=O) groups excluding carboxylic acids is 1. The van der Waals surface area contributed by atoms with Gasteiger partial charge in [0.2, 0.25) is 0 Å². The predicted octanol–water partition coefficient (Wildman–Crippen LogP) is 4.08. The van der Waals surface area contributed by atoms with Gasteiger partial charge in [-0.2, -0.15) is 12.6 Å². The highest BCUT2D eigenvalue weighted by Gasteiger charge is 2.22. The van der Waals surface area contributed by atoms with E-state index in [1.165, 1.54) is 32.1 Å². The normalized spacial score (nSPS) is 12.1. The average Bonchev–Trinajstić information content (AvgIpc) is 2.45. The van der Waals surface area contributed by atoms with Gasteiger partial charge in [0, 0.05) is 5.75 Å². The fourth-order valence-electron chi connectivity index (χ4n) is 2.30. The first-order valence-electron chi connectivity index (χ1n) is 8.11. The van der Waals surface area contributed by atoms with Crippen molar-refractivity contribution in [3.8, 4) is 0 Å². The quantitative estimate of drug-likeness (QED) is 0.288. The second-order valence-electron chi connectivity index (χ2n) is 5.45. The Kier molecular flexibility index (Phi) is 13.8. The zero-order valence-corrected chi connectivity index (χ0v) is 14.1. The molecule has 0 fully saturated rings. The minimum absolute atomic E-state index is 0.137. The van der Waals surface area contributed by atoms with E-state index in [0.717, 1.165) is 19.3 Å². The maximum Gasteiger partial charge on any atom is 0.309 e. The molecule has 5 heteroatoms. The van der Waals surface area contributed by atoms with Crippen molar-refractivity contribution in [2.45, 2.75) is 71.1 Å². The largest absolute Gasteiger partial charge is 0.481 e. The van der Waals surface area contributed by atoms with Crippen molar-refractivity contribution in [3.63, 3.8) is 0 Å². The fraction of sp³-hybridized carbons (Fsp3) is 0.875. The molecule has 4 nitrogen and oxygen atoms in total. The molecule has 0 spiro atoms. The molecule has 0 aromatic carbocycles. The monoisotopic (exact) mass is 318 g/mol. The number of ether oxygens (including phenoxy) is 1. The van der Waals surface area contributed by atoms with Crippen molar-refractivity contribution >= 4 is 24.6 Å². The Morgan fingerprint density at radius 1 is 1.05 bits per heavy atom. The van der Waals surface area contributed by atoms with E-state index in [1.54, 1.807) is 0 Å². The number of rotatable bonds is 14. The highest BCUT2D eigenvalue weighted by Crippen LogP contribution is 2.17. The van der Waals surface area contributed by atoms with Gasteiger partial charge in [0.25, 0.3) is 0 Å². The molecule has 1 atom stereocenters. The average molecular weight is 318 g/mol. The second kappa shape index (κ2) is 14.2. The van der Waals surface area contributed by atoms with Gasteiger partial charge >= 0.3 is 11.9 Å². The summed E-state index contributed by atoms with van der Waals surface area (Å²) in [6, 6.07) is 0. The van der Waals surface area contributed by atoms with Crippen molar-refractivity contribution in [3.05, 3.63) is 0 Å². The minimum atomic E-state index is -0.942. The molecule has 0 aliphatic carbocycles. The number of hydrogen-bond donors (Lipinski definition) is 2. The molecule has 0 aliphatic heterocycles. The molecule has 0 radical (unpaired) electrons. The summed E-state index contributed by atoms with van der Waals surface area (Å²) in [5.74, 6) is -1.39. The summed E-state index contributed by atoms with van der Waals surface area (Å²) in [5, 5.41) is 8.86. The van der Waals surface area contributed by atoms with E-state index in [9.17, 15) is 9.59 Å². The number of carbonyl (C=O) groups is 2. The van der Waals surface area contributed by atoms with Crippen LogP contribution in [0.4, 0.5) is 0 Å². The van der Waals surface area contributed by atoms with Crippen LogP contribution in [0.15, 0.2) is 0 Å². The zero-order valence-electron chi connectivity index (χ0n) is 13.2. The molecule has 1 unspecified atom stereocenters. The van der Waals surface area contributed by atoms with Crippen LogP contribution in [-0.2, 0) is 14.3 Å². The van der Waals surface area contributed by atoms with Crippen LogP contribution in [0.3, 0.4) is 0 Å². The summed E-state index contributed by atoms with van der Waals surface area (Å²) < 4.78 is 5.00. The first-order chi connectivity index (χ1) is 10.1. The third-order valence-corrected chi connectivity index (χ3v) is 3.68. The molecule has 21 heavy (non-hydrogen) atoms. The Labute approximate surface area is 134 Å². The first-order valence-corrected chi connectivity index (χ1v) is 8.74. The van der Waals surface area contributed by atoms with Gasteiger partial charge in [-0.3, -0.25) is 9.59 Å². The summed E-state index contributed by atoms with van der Waals surface area (Å²) in [7, 11) is 0. The van der Waals surface area contributed by atoms with Crippen molar-refractivity contribution < 1.29 is 19.4 Å². The summed E-state index contributed by atoms with van der Waals surface area (Å²) >= 11 is 3.97. The Hall–Kier alpha value is -0.710. The van der Waals surface area contributed by atoms with Crippen molar-refractivity contribution in [2.24, 2.45) is 5.92 Å². The Morgan fingerprint density at radius 3 is 2.14 bits per heavy atom. The van der Waals surface area contributed by atoms with E-state index >= 15 is 0 Å². The number of esters is 1. The standard InChI is InChI=1S/C16H30O4S/c1-2-3-4-5-6-7-8-9-10-14(13-15(17)18)16(19)20-11-12-21/h14,21H,2-13H2,1H3,(H,17,18). The molecule has 0 aromatic heterocycles. The lowest BCUT2D eigenvalue weighted by atomic mass is 9.97. The van der Waals surface area contributed by atoms with E-state index in [2.05, 4.69) is 19.6 Å². The summed E-state index contributed by atoms with van der Waals surface area (Å²) in [6.45, 7) is 2.45. The SMILES string of the molecule is CCCCCCCCCCC(CC(=O)O)C(=O)OCCS. The third-order valence-electron chi connectivity index (χ3n) is 3.50. The molecule has 1 N–H and O–H groups in total. The summed E-state index contributed by atoms with van der Waals surface area (Å²) in [5.41, 5.74) is 0. The van der Waals surface area contributed by atoms with Crippen LogP contribution in [0.5, 0.6) is 0 Å². The van der Waals surface area contributed by atoms with Gasteiger partial charge in [-0.05, 0) is 6.42 Å². The van der Waals surface area contributed by atoms with Crippen LogP contribution < -0.4 is 0 Å². The molecule has 124 valence electrons. The summed E-state index contributed by atoms with van der Waals surface area (Å²) in [4.78, 5) is 22.6. The van der Waals surface area contributed by atoms with Crippen LogP contribution in [-0.4, -0.2) is 29.4 Å². The lowest BCUT2D eigenvalue weighted by Crippen LogP contribution is -2.21. The molecule has 0 saturated heterocycles. The van der Waals surface area contributed by atoms with E-state index in [1.807, 2.05) is 0 Å². The maximum absolute atomic E-state index is 11.8. The third kappa shape index (κ3) is 12.7. The van der Waals surface area contributed by atoms with E-state index < -0.39 is 17.9 Å². The molecule has 0 bridgehead atoms. The smallest absolute Gasteiger partial charge is 0.309 e. The van der Waals surface area contributed by atoms with Crippen molar-refractivity contribution in [2.75, 3.05) is 12.4 Å². The molecule has 0 heterocycles. The van der Waals surface area contributed by atoms with Crippen LogP contribution in [0.1, 0.15) is 71.1 Å². The summed E-state index contributed by atoms with van der Waals surface area (Å²) in [6.07, 6.45) is 9.94. The highest BCUT2D eigenvalue weighted by atomic mass is 32.1. The number of unbranched alkanes of at least 4 members (excludes halogenated alkanes) is 7.